The first kappa shape index (κ1) is 20.9. The summed E-state index contributed by atoms with van der Waals surface area (Å²) in [4.78, 5) is 14.0. The summed E-state index contributed by atoms with van der Waals surface area (Å²) >= 11 is 4.95. The summed E-state index contributed by atoms with van der Waals surface area (Å²) in [5.41, 5.74) is 2.84. The summed E-state index contributed by atoms with van der Waals surface area (Å²) in [6, 6.07) is 13.5. The van der Waals surface area contributed by atoms with Crippen LogP contribution in [0.25, 0.3) is 11.3 Å². The number of carbonyl (C=O) groups excluding carboxylic acids is 1. The van der Waals surface area contributed by atoms with Gasteiger partial charge < -0.3 is 9.73 Å². The van der Waals surface area contributed by atoms with Gasteiger partial charge in [0.2, 0.25) is 0 Å². The predicted molar refractivity (Wildman–Crippen MR) is 124 cm³/mol. The topological polar surface area (TPSA) is 66.0 Å². The smallest absolute Gasteiger partial charge is 0.292 e. The summed E-state index contributed by atoms with van der Waals surface area (Å²) in [5.74, 6) is 1.11. The molecule has 0 aliphatic heterocycles. The standard InChI is InChI=1S/C24H23BrN2O2S/c1-24(2,3)15-6-9-17-18(13-26)23(30-21(17)12-15)27-22(28)20-11-10-19(29-20)14-4-7-16(25)8-5-14/h4-5,7-8,10-11,15H,6,9,12H2,1-3H3,(H,27,28). The Balaban J connectivity index is 1.55. The van der Waals surface area contributed by atoms with Crippen molar-refractivity contribution in [3.05, 3.63) is 62.6 Å². The van der Waals surface area contributed by atoms with E-state index in [1.54, 1.807) is 12.1 Å². The van der Waals surface area contributed by atoms with E-state index in [9.17, 15) is 10.1 Å². The number of nitrogens with zero attached hydrogens (tertiary/aromatic N) is 1. The lowest BCUT2D eigenvalue weighted by atomic mass is 9.72. The molecule has 6 heteroatoms. The third-order valence-corrected chi connectivity index (χ3v) is 7.49. The predicted octanol–water partition coefficient (Wildman–Crippen LogP) is 7.05. The first-order valence-corrected chi connectivity index (χ1v) is 11.6. The maximum atomic E-state index is 12.8. The number of furan rings is 1. The second-order valence-electron chi connectivity index (χ2n) is 8.75. The maximum Gasteiger partial charge on any atom is 0.292 e. The lowest BCUT2D eigenvalue weighted by Crippen LogP contribution is -2.26. The van der Waals surface area contributed by atoms with Crippen LogP contribution < -0.4 is 5.32 Å². The van der Waals surface area contributed by atoms with Crippen LogP contribution in [0.3, 0.4) is 0 Å². The molecule has 1 aromatic carbocycles. The number of anilines is 1. The molecule has 1 aliphatic rings. The van der Waals surface area contributed by atoms with Crippen LogP contribution in [0.4, 0.5) is 5.00 Å². The fourth-order valence-corrected chi connectivity index (χ4v) is 5.46. The van der Waals surface area contributed by atoms with Crippen molar-refractivity contribution in [2.75, 3.05) is 5.32 Å². The van der Waals surface area contributed by atoms with E-state index in [0.717, 1.165) is 34.9 Å². The van der Waals surface area contributed by atoms with Crippen LogP contribution in [-0.4, -0.2) is 5.91 Å². The van der Waals surface area contributed by atoms with Gasteiger partial charge in [-0.2, -0.15) is 5.26 Å². The van der Waals surface area contributed by atoms with E-state index in [4.69, 9.17) is 4.42 Å². The Kier molecular flexibility index (Phi) is 5.61. The van der Waals surface area contributed by atoms with Crippen molar-refractivity contribution in [3.63, 3.8) is 0 Å². The highest BCUT2D eigenvalue weighted by Gasteiger charge is 2.32. The van der Waals surface area contributed by atoms with Gasteiger partial charge in [0, 0.05) is 14.9 Å². The minimum absolute atomic E-state index is 0.232. The second kappa shape index (κ2) is 8.05. The third kappa shape index (κ3) is 4.10. The van der Waals surface area contributed by atoms with E-state index in [0.29, 0.717) is 22.2 Å². The second-order valence-corrected chi connectivity index (χ2v) is 10.8. The van der Waals surface area contributed by atoms with Crippen LogP contribution in [0, 0.1) is 22.7 Å². The molecule has 2 heterocycles. The van der Waals surface area contributed by atoms with E-state index in [2.05, 4.69) is 48.1 Å². The minimum Gasteiger partial charge on any atom is -0.451 e. The largest absolute Gasteiger partial charge is 0.451 e. The molecule has 30 heavy (non-hydrogen) atoms. The fourth-order valence-electron chi connectivity index (χ4n) is 3.93. The van der Waals surface area contributed by atoms with Gasteiger partial charge in [-0.05, 0) is 60.4 Å². The van der Waals surface area contributed by atoms with Gasteiger partial charge in [0.05, 0.1) is 5.56 Å². The van der Waals surface area contributed by atoms with Crippen LogP contribution in [0.15, 0.2) is 45.3 Å². The molecule has 1 amide bonds. The monoisotopic (exact) mass is 482 g/mol. The van der Waals surface area contributed by atoms with E-state index >= 15 is 0 Å². The van der Waals surface area contributed by atoms with E-state index < -0.39 is 0 Å². The van der Waals surface area contributed by atoms with E-state index in [-0.39, 0.29) is 17.1 Å². The first-order valence-electron chi connectivity index (χ1n) is 9.98. The molecule has 2 aromatic heterocycles. The van der Waals surface area contributed by atoms with Gasteiger partial charge in [0.25, 0.3) is 5.91 Å². The van der Waals surface area contributed by atoms with Gasteiger partial charge in [0.15, 0.2) is 5.76 Å². The summed E-state index contributed by atoms with van der Waals surface area (Å²) in [6.07, 6.45) is 2.92. The molecule has 0 saturated heterocycles. The highest BCUT2D eigenvalue weighted by molar-refractivity contribution is 9.10. The zero-order valence-electron chi connectivity index (χ0n) is 17.2. The Hall–Kier alpha value is -2.36. The molecule has 3 aromatic rings. The average molecular weight is 483 g/mol. The average Bonchev–Trinajstić information content (AvgIpc) is 3.31. The summed E-state index contributed by atoms with van der Waals surface area (Å²) in [7, 11) is 0. The lowest BCUT2D eigenvalue weighted by molar-refractivity contribution is 0.0998. The van der Waals surface area contributed by atoms with Crippen molar-refractivity contribution in [1.82, 2.24) is 0 Å². The van der Waals surface area contributed by atoms with Gasteiger partial charge in [0.1, 0.15) is 16.8 Å². The zero-order valence-corrected chi connectivity index (χ0v) is 19.6. The number of amides is 1. The van der Waals surface area contributed by atoms with Crippen molar-refractivity contribution in [3.8, 4) is 17.4 Å². The first-order chi connectivity index (χ1) is 14.3. The fraction of sp³-hybridized carbons (Fsp3) is 0.333. The molecule has 1 aliphatic carbocycles. The van der Waals surface area contributed by atoms with Gasteiger partial charge in [-0.15, -0.1) is 11.3 Å². The number of nitriles is 1. The third-order valence-electron chi connectivity index (χ3n) is 5.79. The number of nitrogens with one attached hydrogen (secondary N) is 1. The number of fused-ring (bicyclic) bond motifs is 1. The zero-order chi connectivity index (χ0) is 21.5. The SMILES string of the molecule is CC(C)(C)C1CCc2c(sc(NC(=O)c3ccc(-c4ccc(Br)cc4)o3)c2C#N)C1. The van der Waals surface area contributed by atoms with Crippen LogP contribution in [0.5, 0.6) is 0 Å². The molecule has 0 fully saturated rings. The summed E-state index contributed by atoms with van der Waals surface area (Å²) in [5, 5.41) is 13.3. The Morgan fingerprint density at radius 1 is 1.23 bits per heavy atom. The molecule has 1 atom stereocenters. The Morgan fingerprint density at radius 3 is 2.63 bits per heavy atom. The summed E-state index contributed by atoms with van der Waals surface area (Å²) < 4.78 is 6.76. The van der Waals surface area contributed by atoms with Crippen LogP contribution >= 0.6 is 27.3 Å². The molecule has 0 spiro atoms. The Labute approximate surface area is 189 Å². The van der Waals surface area contributed by atoms with Gasteiger partial charge in [-0.25, -0.2) is 0 Å². The molecular weight excluding hydrogens is 460 g/mol. The van der Waals surface area contributed by atoms with E-state index in [1.165, 1.54) is 16.2 Å². The lowest BCUT2D eigenvalue weighted by Gasteiger charge is -2.33. The number of hydrogen-bond acceptors (Lipinski definition) is 4. The minimum atomic E-state index is -0.333. The van der Waals surface area contributed by atoms with Gasteiger partial charge in [-0.3, -0.25) is 4.79 Å². The number of thiophene rings is 1. The van der Waals surface area contributed by atoms with Gasteiger partial charge in [-0.1, -0.05) is 48.8 Å². The van der Waals surface area contributed by atoms with Crippen molar-refractivity contribution in [1.29, 1.82) is 5.26 Å². The quantitative estimate of drug-likeness (QED) is 0.434. The molecule has 4 nitrogen and oxygen atoms in total. The molecule has 4 rings (SSSR count). The highest BCUT2D eigenvalue weighted by Crippen LogP contribution is 2.44. The van der Waals surface area contributed by atoms with E-state index in [1.807, 2.05) is 24.3 Å². The van der Waals surface area contributed by atoms with Crippen LogP contribution in [0.2, 0.25) is 0 Å². The maximum absolute atomic E-state index is 12.8. The Bertz CT molecular complexity index is 1130. The van der Waals surface area contributed by atoms with Crippen LogP contribution in [0.1, 0.15) is 53.8 Å². The molecule has 1 N–H and O–H groups in total. The molecule has 0 bridgehead atoms. The van der Waals surface area contributed by atoms with Crippen molar-refractivity contribution < 1.29 is 9.21 Å². The summed E-state index contributed by atoms with van der Waals surface area (Å²) in [6.45, 7) is 6.80. The number of benzene rings is 1. The van der Waals surface area contributed by atoms with Gasteiger partial charge >= 0.3 is 0 Å². The number of hydrogen-bond donors (Lipinski definition) is 1. The number of carbonyl (C=O) groups is 1. The molecule has 0 radical (unpaired) electrons. The van der Waals surface area contributed by atoms with Crippen molar-refractivity contribution in [2.45, 2.75) is 40.0 Å². The molecule has 1 unspecified atom stereocenters. The normalized spacial score (nSPS) is 16.0. The van der Waals surface area contributed by atoms with Crippen molar-refractivity contribution in [2.24, 2.45) is 11.3 Å². The molecule has 154 valence electrons. The molecular formula is C24H23BrN2O2S. The number of rotatable bonds is 3. The van der Waals surface area contributed by atoms with Crippen LogP contribution in [-0.2, 0) is 12.8 Å². The Morgan fingerprint density at radius 2 is 1.97 bits per heavy atom. The highest BCUT2D eigenvalue weighted by atomic mass is 79.9. The number of halogens is 1. The van der Waals surface area contributed by atoms with Crippen molar-refractivity contribution >= 4 is 38.2 Å². The molecule has 0 saturated carbocycles.